The molecular formula is C14H14ClN3O3. The Kier molecular flexibility index (Phi) is 3.55. The molecule has 2 heterocycles. The van der Waals surface area contributed by atoms with Crippen LogP contribution in [0.15, 0.2) is 29.1 Å². The molecule has 21 heavy (non-hydrogen) atoms. The van der Waals surface area contributed by atoms with Crippen molar-refractivity contribution in [1.82, 2.24) is 14.3 Å². The first-order chi connectivity index (χ1) is 10.1. The second-order valence-electron chi connectivity index (χ2n) is 5.10. The molecule has 7 heteroatoms. The number of hydrogen-bond acceptors (Lipinski definition) is 3. The second kappa shape index (κ2) is 5.37. The maximum atomic E-state index is 12.4. The van der Waals surface area contributed by atoms with Gasteiger partial charge in [-0.2, -0.15) is 5.10 Å². The van der Waals surface area contributed by atoms with Crippen LogP contribution in [0.2, 0.25) is 5.02 Å². The predicted octanol–water partition coefficient (Wildman–Crippen LogP) is 1.71. The second-order valence-corrected chi connectivity index (χ2v) is 5.54. The van der Waals surface area contributed by atoms with Crippen molar-refractivity contribution in [1.29, 1.82) is 0 Å². The molecule has 2 aromatic rings. The van der Waals surface area contributed by atoms with E-state index in [9.17, 15) is 14.7 Å². The van der Waals surface area contributed by atoms with Crippen molar-refractivity contribution in [2.24, 2.45) is 0 Å². The maximum Gasteiger partial charge on any atom is 0.347 e. The Hall–Kier alpha value is -2.08. The molecule has 0 aliphatic carbocycles. The minimum atomic E-state index is -0.982. The molecule has 0 saturated carbocycles. The number of carbonyl (C=O) groups is 1. The van der Waals surface area contributed by atoms with Gasteiger partial charge in [-0.15, -0.1) is 0 Å². The first kappa shape index (κ1) is 13.9. The highest BCUT2D eigenvalue weighted by molar-refractivity contribution is 6.30. The van der Waals surface area contributed by atoms with Crippen LogP contribution in [0.1, 0.15) is 30.3 Å². The van der Waals surface area contributed by atoms with Gasteiger partial charge >= 0.3 is 11.7 Å². The fraction of sp³-hybridized carbons (Fsp3) is 0.357. The average molecular weight is 308 g/mol. The van der Waals surface area contributed by atoms with Crippen molar-refractivity contribution in [2.45, 2.75) is 31.8 Å². The summed E-state index contributed by atoms with van der Waals surface area (Å²) in [5, 5.41) is 14.1. The van der Waals surface area contributed by atoms with Gasteiger partial charge in [0.2, 0.25) is 0 Å². The number of halogens is 1. The summed E-state index contributed by atoms with van der Waals surface area (Å²) in [5.41, 5.74) is 0.524. The topological polar surface area (TPSA) is 77.1 Å². The van der Waals surface area contributed by atoms with Gasteiger partial charge < -0.3 is 5.11 Å². The SMILES string of the molecule is O=C(O)C1CCCc2nn(Cc3ccc(Cl)cc3)c(=O)n21. The van der Waals surface area contributed by atoms with E-state index in [1.54, 1.807) is 12.1 Å². The van der Waals surface area contributed by atoms with E-state index in [1.165, 1.54) is 9.25 Å². The molecule has 0 bridgehead atoms. The van der Waals surface area contributed by atoms with Crippen LogP contribution in [0.25, 0.3) is 0 Å². The lowest BCUT2D eigenvalue weighted by molar-refractivity contribution is -0.141. The van der Waals surface area contributed by atoms with Crippen molar-refractivity contribution in [3.8, 4) is 0 Å². The molecule has 0 amide bonds. The molecule has 0 fully saturated rings. The third-order valence-electron chi connectivity index (χ3n) is 3.66. The van der Waals surface area contributed by atoms with Crippen LogP contribution in [0.4, 0.5) is 0 Å². The normalized spacial score (nSPS) is 17.5. The molecular weight excluding hydrogens is 294 g/mol. The number of benzene rings is 1. The highest BCUT2D eigenvalue weighted by Crippen LogP contribution is 2.22. The molecule has 6 nitrogen and oxygen atoms in total. The van der Waals surface area contributed by atoms with E-state index in [-0.39, 0.29) is 5.69 Å². The molecule has 1 aliphatic rings. The minimum Gasteiger partial charge on any atom is -0.480 e. The van der Waals surface area contributed by atoms with Crippen LogP contribution in [0.5, 0.6) is 0 Å². The largest absolute Gasteiger partial charge is 0.480 e. The van der Waals surface area contributed by atoms with Crippen molar-refractivity contribution in [2.75, 3.05) is 0 Å². The van der Waals surface area contributed by atoms with Crippen LogP contribution in [0, 0.1) is 0 Å². The van der Waals surface area contributed by atoms with E-state index in [4.69, 9.17) is 11.6 Å². The van der Waals surface area contributed by atoms with Crippen molar-refractivity contribution >= 4 is 17.6 Å². The first-order valence-electron chi connectivity index (χ1n) is 6.72. The fourth-order valence-electron chi connectivity index (χ4n) is 2.63. The molecule has 1 atom stereocenters. The summed E-state index contributed by atoms with van der Waals surface area (Å²) < 4.78 is 2.63. The van der Waals surface area contributed by atoms with E-state index >= 15 is 0 Å². The summed E-state index contributed by atoms with van der Waals surface area (Å²) in [7, 11) is 0. The van der Waals surface area contributed by atoms with E-state index in [0.29, 0.717) is 30.2 Å². The molecule has 3 rings (SSSR count). The zero-order valence-electron chi connectivity index (χ0n) is 11.2. The van der Waals surface area contributed by atoms with Gasteiger partial charge in [0.25, 0.3) is 0 Å². The maximum absolute atomic E-state index is 12.4. The van der Waals surface area contributed by atoms with E-state index in [1.807, 2.05) is 12.1 Å². The monoisotopic (exact) mass is 307 g/mol. The Morgan fingerprint density at radius 3 is 2.76 bits per heavy atom. The number of aryl methyl sites for hydroxylation is 1. The Balaban J connectivity index is 1.96. The van der Waals surface area contributed by atoms with Crippen molar-refractivity contribution in [3.63, 3.8) is 0 Å². The van der Waals surface area contributed by atoms with Gasteiger partial charge in [0.15, 0.2) is 0 Å². The van der Waals surface area contributed by atoms with Crippen LogP contribution >= 0.6 is 11.6 Å². The predicted molar refractivity (Wildman–Crippen MR) is 76.7 cm³/mol. The average Bonchev–Trinajstić information content (AvgIpc) is 2.78. The molecule has 1 unspecified atom stereocenters. The molecule has 110 valence electrons. The Bertz CT molecular complexity index is 733. The minimum absolute atomic E-state index is 0.308. The summed E-state index contributed by atoms with van der Waals surface area (Å²) in [5.74, 6) is -0.434. The lowest BCUT2D eigenvalue weighted by Crippen LogP contribution is -2.34. The van der Waals surface area contributed by atoms with Crippen LogP contribution < -0.4 is 5.69 Å². The molecule has 1 N–H and O–H groups in total. The molecule has 0 radical (unpaired) electrons. The van der Waals surface area contributed by atoms with Gasteiger partial charge in [0.05, 0.1) is 6.54 Å². The first-order valence-corrected chi connectivity index (χ1v) is 7.09. The van der Waals surface area contributed by atoms with Crippen LogP contribution in [-0.4, -0.2) is 25.4 Å². The quantitative estimate of drug-likeness (QED) is 0.936. The lowest BCUT2D eigenvalue weighted by atomic mass is 10.1. The molecule has 1 aromatic carbocycles. The molecule has 1 aromatic heterocycles. The number of nitrogens with zero attached hydrogens (tertiary/aromatic N) is 3. The van der Waals surface area contributed by atoms with E-state index in [0.717, 1.165) is 12.0 Å². The summed E-state index contributed by atoms with van der Waals surface area (Å²) in [6, 6.07) is 6.33. The Morgan fingerprint density at radius 2 is 2.10 bits per heavy atom. The van der Waals surface area contributed by atoms with Crippen LogP contribution in [0.3, 0.4) is 0 Å². The molecule has 0 spiro atoms. The van der Waals surface area contributed by atoms with Crippen molar-refractivity contribution < 1.29 is 9.90 Å². The third kappa shape index (κ3) is 2.58. The zero-order chi connectivity index (χ0) is 15.0. The lowest BCUT2D eigenvalue weighted by Gasteiger charge is -2.19. The standard InChI is InChI=1S/C14H14ClN3O3/c15-10-6-4-9(5-7-10)8-17-14(21)18-11(13(19)20)2-1-3-12(18)16-17/h4-7,11H,1-3,8H2,(H,19,20). The highest BCUT2D eigenvalue weighted by Gasteiger charge is 2.30. The van der Waals surface area contributed by atoms with Gasteiger partial charge in [-0.05, 0) is 30.5 Å². The highest BCUT2D eigenvalue weighted by atomic mass is 35.5. The molecule has 1 aliphatic heterocycles. The van der Waals surface area contributed by atoms with Gasteiger partial charge in [-0.25, -0.2) is 14.3 Å². The summed E-state index contributed by atoms with van der Waals surface area (Å²) in [6.07, 6.45) is 1.83. The number of aliphatic carboxylic acids is 1. The van der Waals surface area contributed by atoms with Gasteiger partial charge in [-0.3, -0.25) is 4.57 Å². The van der Waals surface area contributed by atoms with Gasteiger partial charge in [0, 0.05) is 11.4 Å². The van der Waals surface area contributed by atoms with Crippen molar-refractivity contribution in [3.05, 3.63) is 51.2 Å². The summed E-state index contributed by atoms with van der Waals surface area (Å²) >= 11 is 5.83. The number of carboxylic acids is 1. The number of hydrogen-bond donors (Lipinski definition) is 1. The smallest absolute Gasteiger partial charge is 0.347 e. The fourth-order valence-corrected chi connectivity index (χ4v) is 2.76. The number of fused-ring (bicyclic) bond motifs is 1. The Morgan fingerprint density at radius 1 is 1.38 bits per heavy atom. The zero-order valence-corrected chi connectivity index (χ0v) is 12.0. The van der Waals surface area contributed by atoms with E-state index in [2.05, 4.69) is 5.10 Å². The number of rotatable bonds is 3. The third-order valence-corrected chi connectivity index (χ3v) is 3.91. The summed E-state index contributed by atoms with van der Waals surface area (Å²) in [4.78, 5) is 23.6. The number of carboxylic acid groups (broad SMARTS) is 1. The Labute approximate surface area is 125 Å². The van der Waals surface area contributed by atoms with E-state index < -0.39 is 12.0 Å². The summed E-state index contributed by atoms with van der Waals surface area (Å²) in [6.45, 7) is 0.308. The molecule has 0 saturated heterocycles. The van der Waals surface area contributed by atoms with Gasteiger partial charge in [-0.1, -0.05) is 23.7 Å². The van der Waals surface area contributed by atoms with Crippen LogP contribution in [-0.2, 0) is 17.8 Å². The van der Waals surface area contributed by atoms with Gasteiger partial charge in [0.1, 0.15) is 11.9 Å². The number of aromatic nitrogens is 3.